The average molecular weight is 423 g/mol. The minimum absolute atomic E-state index is 0.0958. The Hall–Kier alpha value is -3.40. The molecule has 7 heteroatoms. The highest BCUT2D eigenvalue weighted by molar-refractivity contribution is 5.95. The Morgan fingerprint density at radius 3 is 2.58 bits per heavy atom. The Morgan fingerprint density at radius 1 is 1.13 bits per heavy atom. The van der Waals surface area contributed by atoms with Crippen LogP contribution < -0.4 is 15.1 Å². The van der Waals surface area contributed by atoms with E-state index in [1.54, 1.807) is 17.0 Å². The quantitative estimate of drug-likeness (QED) is 0.671. The van der Waals surface area contributed by atoms with Crippen LogP contribution in [0.3, 0.4) is 0 Å². The SMILES string of the molecule is N#CCCN(C(=O)CCC(=O)NCC1CCN(c2ccc(F)cc2)C1)c1ccccc1. The normalized spacial score (nSPS) is 15.4. The Morgan fingerprint density at radius 2 is 1.87 bits per heavy atom. The summed E-state index contributed by atoms with van der Waals surface area (Å²) in [5.74, 6) is -0.247. The number of nitriles is 1. The summed E-state index contributed by atoms with van der Waals surface area (Å²) in [6.07, 6.45) is 1.40. The van der Waals surface area contributed by atoms with E-state index in [-0.39, 0.29) is 36.9 Å². The van der Waals surface area contributed by atoms with E-state index in [1.807, 2.05) is 30.3 Å². The number of rotatable bonds is 9. The van der Waals surface area contributed by atoms with Crippen LogP contribution in [0.1, 0.15) is 25.7 Å². The van der Waals surface area contributed by atoms with Gasteiger partial charge in [0.25, 0.3) is 0 Å². The summed E-state index contributed by atoms with van der Waals surface area (Å²) in [7, 11) is 0. The molecule has 31 heavy (non-hydrogen) atoms. The number of nitrogens with one attached hydrogen (secondary N) is 1. The largest absolute Gasteiger partial charge is 0.371 e. The number of nitrogens with zero attached hydrogens (tertiary/aromatic N) is 3. The fourth-order valence-corrected chi connectivity index (χ4v) is 3.76. The van der Waals surface area contributed by atoms with E-state index in [1.165, 1.54) is 12.1 Å². The van der Waals surface area contributed by atoms with Crippen LogP contribution in [0, 0.1) is 23.1 Å². The maximum Gasteiger partial charge on any atom is 0.227 e. The standard InChI is InChI=1S/C24H27FN4O2/c25-20-7-9-21(10-8-20)28-16-13-19(18-28)17-27-23(30)11-12-24(31)29(15-4-14-26)22-5-2-1-3-6-22/h1-3,5-10,19H,4,11-13,15-18H2,(H,27,30). The molecule has 0 bridgehead atoms. The predicted octanol–water partition coefficient (Wildman–Crippen LogP) is 3.50. The molecule has 2 aromatic rings. The van der Waals surface area contributed by atoms with Gasteiger partial charge in [0.1, 0.15) is 5.82 Å². The molecule has 1 unspecified atom stereocenters. The number of anilines is 2. The van der Waals surface area contributed by atoms with Gasteiger partial charge in [0, 0.05) is 50.4 Å². The maximum absolute atomic E-state index is 13.1. The van der Waals surface area contributed by atoms with E-state index >= 15 is 0 Å². The highest BCUT2D eigenvalue weighted by atomic mass is 19.1. The molecule has 1 atom stereocenters. The van der Waals surface area contributed by atoms with E-state index < -0.39 is 0 Å². The number of amides is 2. The molecule has 0 spiro atoms. The van der Waals surface area contributed by atoms with Gasteiger partial charge in [-0.3, -0.25) is 9.59 Å². The van der Waals surface area contributed by atoms with Gasteiger partial charge in [-0.25, -0.2) is 4.39 Å². The van der Waals surface area contributed by atoms with Crippen LogP contribution in [0.2, 0.25) is 0 Å². The zero-order chi connectivity index (χ0) is 22.1. The van der Waals surface area contributed by atoms with Crippen molar-refractivity contribution in [2.75, 3.05) is 36.0 Å². The van der Waals surface area contributed by atoms with Gasteiger partial charge >= 0.3 is 0 Å². The van der Waals surface area contributed by atoms with Crippen molar-refractivity contribution in [3.63, 3.8) is 0 Å². The third-order valence-corrected chi connectivity index (χ3v) is 5.45. The topological polar surface area (TPSA) is 76.4 Å². The molecule has 1 N–H and O–H groups in total. The van der Waals surface area contributed by atoms with E-state index in [4.69, 9.17) is 5.26 Å². The number of benzene rings is 2. The van der Waals surface area contributed by atoms with Gasteiger partial charge in [0.2, 0.25) is 11.8 Å². The summed E-state index contributed by atoms with van der Waals surface area (Å²) in [5, 5.41) is 11.8. The van der Waals surface area contributed by atoms with Gasteiger partial charge in [-0.2, -0.15) is 5.26 Å². The highest BCUT2D eigenvalue weighted by Crippen LogP contribution is 2.23. The van der Waals surface area contributed by atoms with Crippen molar-refractivity contribution in [1.82, 2.24) is 5.32 Å². The lowest BCUT2D eigenvalue weighted by molar-refractivity contribution is -0.125. The molecule has 162 valence electrons. The van der Waals surface area contributed by atoms with Crippen molar-refractivity contribution >= 4 is 23.2 Å². The molecule has 6 nitrogen and oxygen atoms in total. The van der Waals surface area contributed by atoms with Crippen LogP contribution in [-0.4, -0.2) is 38.0 Å². The van der Waals surface area contributed by atoms with Gasteiger partial charge in [-0.1, -0.05) is 18.2 Å². The first-order chi connectivity index (χ1) is 15.1. The Kier molecular flexibility index (Phi) is 7.99. The Labute approximate surface area is 182 Å². The first-order valence-electron chi connectivity index (χ1n) is 10.6. The lowest BCUT2D eigenvalue weighted by Crippen LogP contribution is -2.34. The number of carbonyl (C=O) groups excluding carboxylic acids is 2. The predicted molar refractivity (Wildman–Crippen MR) is 118 cm³/mol. The Balaban J connectivity index is 1.42. The molecular weight excluding hydrogens is 395 g/mol. The molecule has 3 rings (SSSR count). The zero-order valence-electron chi connectivity index (χ0n) is 17.5. The van der Waals surface area contributed by atoms with E-state index in [9.17, 15) is 14.0 Å². The zero-order valence-corrected chi connectivity index (χ0v) is 17.5. The second kappa shape index (κ2) is 11.1. The lowest BCUT2D eigenvalue weighted by Gasteiger charge is -2.22. The smallest absolute Gasteiger partial charge is 0.227 e. The molecular formula is C24H27FN4O2. The van der Waals surface area contributed by atoms with Crippen molar-refractivity contribution in [3.05, 3.63) is 60.4 Å². The number of para-hydroxylation sites is 1. The van der Waals surface area contributed by atoms with Gasteiger partial charge in [-0.15, -0.1) is 0 Å². The van der Waals surface area contributed by atoms with Crippen molar-refractivity contribution in [2.45, 2.75) is 25.7 Å². The summed E-state index contributed by atoms with van der Waals surface area (Å²) in [6, 6.07) is 17.7. The van der Waals surface area contributed by atoms with Crippen LogP contribution in [0.15, 0.2) is 54.6 Å². The second-order valence-electron chi connectivity index (χ2n) is 7.67. The average Bonchev–Trinajstić information content (AvgIpc) is 3.27. The molecule has 0 aromatic heterocycles. The Bertz CT molecular complexity index is 911. The van der Waals surface area contributed by atoms with Crippen LogP contribution in [0.4, 0.5) is 15.8 Å². The van der Waals surface area contributed by atoms with Crippen molar-refractivity contribution in [1.29, 1.82) is 5.26 Å². The molecule has 0 radical (unpaired) electrons. The summed E-state index contributed by atoms with van der Waals surface area (Å²) in [5.41, 5.74) is 1.72. The number of hydrogen-bond acceptors (Lipinski definition) is 4. The van der Waals surface area contributed by atoms with Gasteiger partial charge in [0.15, 0.2) is 0 Å². The summed E-state index contributed by atoms with van der Waals surface area (Å²) in [6.45, 7) is 2.54. The highest BCUT2D eigenvalue weighted by Gasteiger charge is 2.23. The van der Waals surface area contributed by atoms with Crippen LogP contribution >= 0.6 is 0 Å². The van der Waals surface area contributed by atoms with Gasteiger partial charge in [0.05, 0.1) is 12.5 Å². The third-order valence-electron chi connectivity index (χ3n) is 5.45. The summed E-state index contributed by atoms with van der Waals surface area (Å²) < 4.78 is 13.1. The summed E-state index contributed by atoms with van der Waals surface area (Å²) in [4.78, 5) is 28.7. The molecule has 2 amide bonds. The van der Waals surface area contributed by atoms with Crippen molar-refractivity contribution in [2.24, 2.45) is 5.92 Å². The fraction of sp³-hybridized carbons (Fsp3) is 0.375. The van der Waals surface area contributed by atoms with E-state index in [2.05, 4.69) is 16.3 Å². The monoisotopic (exact) mass is 422 g/mol. The minimum atomic E-state index is -0.250. The second-order valence-corrected chi connectivity index (χ2v) is 7.67. The van der Waals surface area contributed by atoms with Gasteiger partial charge in [-0.05, 0) is 48.7 Å². The van der Waals surface area contributed by atoms with Crippen molar-refractivity contribution in [3.8, 4) is 6.07 Å². The number of halogens is 1. The minimum Gasteiger partial charge on any atom is -0.371 e. The number of hydrogen-bond donors (Lipinski definition) is 1. The first-order valence-corrected chi connectivity index (χ1v) is 10.6. The van der Waals surface area contributed by atoms with E-state index in [0.717, 1.165) is 30.9 Å². The van der Waals surface area contributed by atoms with Crippen LogP contribution in [-0.2, 0) is 9.59 Å². The van der Waals surface area contributed by atoms with Crippen molar-refractivity contribution < 1.29 is 14.0 Å². The molecule has 1 saturated heterocycles. The molecule has 0 aliphatic carbocycles. The lowest BCUT2D eigenvalue weighted by atomic mass is 10.1. The molecule has 1 heterocycles. The van der Waals surface area contributed by atoms with Crippen LogP contribution in [0.5, 0.6) is 0 Å². The van der Waals surface area contributed by atoms with E-state index in [0.29, 0.717) is 19.0 Å². The molecule has 0 saturated carbocycles. The molecule has 1 fully saturated rings. The summed E-state index contributed by atoms with van der Waals surface area (Å²) >= 11 is 0. The van der Waals surface area contributed by atoms with Crippen LogP contribution in [0.25, 0.3) is 0 Å². The molecule has 2 aromatic carbocycles. The molecule has 1 aliphatic rings. The molecule has 1 aliphatic heterocycles. The van der Waals surface area contributed by atoms with Gasteiger partial charge < -0.3 is 15.1 Å². The third kappa shape index (κ3) is 6.54. The first kappa shape index (κ1) is 22.3. The fourth-order valence-electron chi connectivity index (χ4n) is 3.76. The maximum atomic E-state index is 13.1. The number of carbonyl (C=O) groups is 2.